The van der Waals surface area contributed by atoms with E-state index in [9.17, 15) is 0 Å². The van der Waals surface area contributed by atoms with Crippen LogP contribution in [0.2, 0.25) is 0 Å². The number of hydrogen-bond donors (Lipinski definition) is 0. The molecule has 0 saturated carbocycles. The fraction of sp³-hybridized carbons (Fsp3) is 0.818. The topological polar surface area (TPSA) is 39.9 Å². The molecule has 0 spiro atoms. The standard InChI is InChI=1S/C11H18ClN3O/c1-8(2)6-15-10(5-12)13-14-11(15)9-3-4-16-7-9/h8-9H,3-7H2,1-2H3. The third-order valence-corrected chi connectivity index (χ3v) is 3.06. The van der Waals surface area contributed by atoms with Crippen LogP contribution < -0.4 is 0 Å². The maximum Gasteiger partial charge on any atom is 0.147 e. The summed E-state index contributed by atoms with van der Waals surface area (Å²) < 4.78 is 7.56. The highest BCUT2D eigenvalue weighted by Crippen LogP contribution is 2.25. The lowest BCUT2D eigenvalue weighted by Crippen LogP contribution is -2.14. The molecule has 1 aromatic rings. The molecular weight excluding hydrogens is 226 g/mol. The second-order valence-electron chi connectivity index (χ2n) is 4.67. The summed E-state index contributed by atoms with van der Waals surface area (Å²) in [7, 11) is 0. The fourth-order valence-electron chi connectivity index (χ4n) is 2.05. The molecular formula is C11H18ClN3O. The van der Waals surface area contributed by atoms with Crippen molar-refractivity contribution in [2.45, 2.75) is 38.6 Å². The van der Waals surface area contributed by atoms with E-state index in [0.29, 0.717) is 17.7 Å². The van der Waals surface area contributed by atoms with Crippen molar-refractivity contribution in [3.8, 4) is 0 Å². The van der Waals surface area contributed by atoms with Crippen LogP contribution in [-0.4, -0.2) is 28.0 Å². The highest BCUT2D eigenvalue weighted by molar-refractivity contribution is 6.16. The molecule has 0 aromatic carbocycles. The summed E-state index contributed by atoms with van der Waals surface area (Å²) in [6.45, 7) is 6.90. The van der Waals surface area contributed by atoms with Crippen molar-refractivity contribution in [2.24, 2.45) is 5.92 Å². The summed E-state index contributed by atoms with van der Waals surface area (Å²) in [5.74, 6) is 3.30. The number of halogens is 1. The number of ether oxygens (including phenoxy) is 1. The molecule has 0 amide bonds. The zero-order valence-corrected chi connectivity index (χ0v) is 10.6. The van der Waals surface area contributed by atoms with Gasteiger partial charge in [0.05, 0.1) is 12.5 Å². The Kier molecular flexibility index (Phi) is 3.82. The third kappa shape index (κ3) is 2.38. The van der Waals surface area contributed by atoms with Crippen LogP contribution in [0.1, 0.15) is 37.8 Å². The second-order valence-corrected chi connectivity index (χ2v) is 4.94. The number of aromatic nitrogens is 3. The van der Waals surface area contributed by atoms with Gasteiger partial charge in [-0.05, 0) is 12.3 Å². The molecule has 90 valence electrons. The average molecular weight is 244 g/mol. The van der Waals surface area contributed by atoms with Gasteiger partial charge in [0, 0.05) is 19.1 Å². The van der Waals surface area contributed by atoms with Crippen molar-refractivity contribution in [1.82, 2.24) is 14.8 Å². The van der Waals surface area contributed by atoms with Crippen LogP contribution in [0.3, 0.4) is 0 Å². The summed E-state index contributed by atoms with van der Waals surface area (Å²) >= 11 is 5.88. The van der Waals surface area contributed by atoms with Gasteiger partial charge >= 0.3 is 0 Å². The van der Waals surface area contributed by atoms with Gasteiger partial charge in [0.2, 0.25) is 0 Å². The fourth-order valence-corrected chi connectivity index (χ4v) is 2.25. The Morgan fingerprint density at radius 1 is 1.50 bits per heavy atom. The molecule has 16 heavy (non-hydrogen) atoms. The number of nitrogens with zero attached hydrogens (tertiary/aromatic N) is 3. The highest BCUT2D eigenvalue weighted by atomic mass is 35.5. The Hall–Kier alpha value is -0.610. The van der Waals surface area contributed by atoms with E-state index in [1.165, 1.54) is 0 Å². The predicted octanol–water partition coefficient (Wildman–Crippen LogP) is 2.18. The Labute approximate surface area is 101 Å². The molecule has 0 aliphatic carbocycles. The molecule has 4 nitrogen and oxygen atoms in total. The number of rotatable bonds is 4. The van der Waals surface area contributed by atoms with E-state index in [-0.39, 0.29) is 0 Å². The van der Waals surface area contributed by atoms with Gasteiger partial charge in [0.1, 0.15) is 11.6 Å². The molecule has 0 radical (unpaired) electrons. The van der Waals surface area contributed by atoms with Crippen molar-refractivity contribution in [3.63, 3.8) is 0 Å². The molecule has 2 rings (SSSR count). The van der Waals surface area contributed by atoms with Crippen LogP contribution >= 0.6 is 11.6 Å². The summed E-state index contributed by atoms with van der Waals surface area (Å²) in [6.07, 6.45) is 1.04. The maximum absolute atomic E-state index is 5.88. The molecule has 5 heteroatoms. The van der Waals surface area contributed by atoms with E-state index >= 15 is 0 Å². The van der Waals surface area contributed by atoms with Crippen LogP contribution in [0.25, 0.3) is 0 Å². The lowest BCUT2D eigenvalue weighted by atomic mass is 10.1. The first kappa shape index (κ1) is 11.9. The van der Waals surface area contributed by atoms with E-state index < -0.39 is 0 Å². The predicted molar refractivity (Wildman–Crippen MR) is 62.6 cm³/mol. The first-order valence-electron chi connectivity index (χ1n) is 5.78. The zero-order valence-electron chi connectivity index (χ0n) is 9.82. The largest absolute Gasteiger partial charge is 0.381 e. The Morgan fingerprint density at radius 3 is 2.88 bits per heavy atom. The average Bonchev–Trinajstić information content (AvgIpc) is 2.84. The monoisotopic (exact) mass is 243 g/mol. The lowest BCUT2D eigenvalue weighted by molar-refractivity contribution is 0.192. The minimum absolute atomic E-state index is 0.392. The first-order valence-corrected chi connectivity index (χ1v) is 6.31. The zero-order chi connectivity index (χ0) is 11.5. The molecule has 1 unspecified atom stereocenters. The molecule has 2 heterocycles. The maximum atomic E-state index is 5.88. The summed E-state index contributed by atoms with van der Waals surface area (Å²) in [6, 6.07) is 0. The van der Waals surface area contributed by atoms with Crippen LogP contribution in [0, 0.1) is 5.92 Å². The molecule has 0 bridgehead atoms. The molecule has 1 aromatic heterocycles. The summed E-state index contributed by atoms with van der Waals surface area (Å²) in [4.78, 5) is 0. The Morgan fingerprint density at radius 2 is 2.31 bits per heavy atom. The van der Waals surface area contributed by atoms with E-state index in [2.05, 4.69) is 28.6 Å². The minimum Gasteiger partial charge on any atom is -0.381 e. The van der Waals surface area contributed by atoms with Crippen LogP contribution in [0.15, 0.2) is 0 Å². The Balaban J connectivity index is 2.25. The lowest BCUT2D eigenvalue weighted by Gasteiger charge is -2.14. The quantitative estimate of drug-likeness (QED) is 0.761. The molecule has 1 fully saturated rings. The SMILES string of the molecule is CC(C)Cn1c(CCl)nnc1C1CCOC1. The van der Waals surface area contributed by atoms with E-state index in [1.807, 2.05) is 0 Å². The summed E-state index contributed by atoms with van der Waals surface area (Å²) in [5.41, 5.74) is 0. The smallest absolute Gasteiger partial charge is 0.147 e. The van der Waals surface area contributed by atoms with E-state index in [1.54, 1.807) is 0 Å². The molecule has 1 atom stereocenters. The molecule has 0 N–H and O–H groups in total. The van der Waals surface area contributed by atoms with Gasteiger partial charge in [-0.3, -0.25) is 0 Å². The van der Waals surface area contributed by atoms with Gasteiger partial charge in [-0.15, -0.1) is 21.8 Å². The molecule has 1 saturated heterocycles. The van der Waals surface area contributed by atoms with Crippen LogP contribution in [-0.2, 0) is 17.2 Å². The normalized spacial score (nSPS) is 20.9. The van der Waals surface area contributed by atoms with Gasteiger partial charge in [-0.25, -0.2) is 0 Å². The van der Waals surface area contributed by atoms with E-state index in [0.717, 1.165) is 37.8 Å². The second kappa shape index (κ2) is 5.15. The minimum atomic E-state index is 0.392. The Bertz CT molecular complexity index is 345. The van der Waals surface area contributed by atoms with Gasteiger partial charge in [0.25, 0.3) is 0 Å². The van der Waals surface area contributed by atoms with Crippen molar-refractivity contribution < 1.29 is 4.74 Å². The van der Waals surface area contributed by atoms with Crippen molar-refractivity contribution in [3.05, 3.63) is 11.6 Å². The first-order chi connectivity index (χ1) is 7.72. The number of alkyl halides is 1. The third-order valence-electron chi connectivity index (χ3n) is 2.82. The summed E-state index contributed by atoms with van der Waals surface area (Å²) in [5, 5.41) is 8.43. The van der Waals surface area contributed by atoms with Gasteiger partial charge in [-0.1, -0.05) is 13.8 Å². The van der Waals surface area contributed by atoms with Gasteiger partial charge < -0.3 is 9.30 Å². The van der Waals surface area contributed by atoms with Crippen molar-refractivity contribution in [2.75, 3.05) is 13.2 Å². The van der Waals surface area contributed by atoms with Gasteiger partial charge in [0.15, 0.2) is 0 Å². The van der Waals surface area contributed by atoms with Crippen molar-refractivity contribution >= 4 is 11.6 Å². The molecule has 1 aliphatic rings. The van der Waals surface area contributed by atoms with Crippen molar-refractivity contribution in [1.29, 1.82) is 0 Å². The van der Waals surface area contributed by atoms with Crippen LogP contribution in [0.5, 0.6) is 0 Å². The van der Waals surface area contributed by atoms with Gasteiger partial charge in [-0.2, -0.15) is 0 Å². The molecule has 1 aliphatic heterocycles. The number of hydrogen-bond acceptors (Lipinski definition) is 3. The van der Waals surface area contributed by atoms with Crippen LogP contribution in [0.4, 0.5) is 0 Å². The van der Waals surface area contributed by atoms with E-state index in [4.69, 9.17) is 16.3 Å². The highest BCUT2D eigenvalue weighted by Gasteiger charge is 2.25.